The fourth-order valence-electron chi connectivity index (χ4n) is 3.52. The van der Waals surface area contributed by atoms with E-state index in [1.807, 2.05) is 37.3 Å². The number of hydrogen-bond acceptors (Lipinski definition) is 5. The number of nitriles is 1. The molecule has 29 heavy (non-hydrogen) atoms. The number of carboxylic acid groups (broad SMARTS) is 1. The molecule has 0 saturated heterocycles. The van der Waals surface area contributed by atoms with Crippen molar-refractivity contribution in [2.24, 2.45) is 5.92 Å². The Morgan fingerprint density at radius 3 is 2.69 bits per heavy atom. The van der Waals surface area contributed by atoms with E-state index in [4.69, 9.17) is 5.11 Å². The number of amides is 1. The van der Waals surface area contributed by atoms with Crippen molar-refractivity contribution in [3.8, 4) is 6.07 Å². The van der Waals surface area contributed by atoms with E-state index in [2.05, 4.69) is 20.9 Å². The van der Waals surface area contributed by atoms with Crippen LogP contribution in [-0.2, 0) is 0 Å². The number of anilines is 3. The Labute approximate surface area is 169 Å². The predicted octanol–water partition coefficient (Wildman–Crippen LogP) is 4.38. The van der Waals surface area contributed by atoms with E-state index in [1.54, 1.807) is 6.92 Å². The van der Waals surface area contributed by atoms with Gasteiger partial charge in [-0.05, 0) is 56.4 Å². The predicted molar refractivity (Wildman–Crippen MR) is 109 cm³/mol. The SMILES string of the molecule is Cc1cccc(Nc2nc(N[C@H](C3CCC3)[C@H](C)NC(=O)O)c(F)cc2C#N)c1. The highest BCUT2D eigenvalue weighted by Crippen LogP contribution is 2.33. The number of rotatable bonds is 7. The summed E-state index contributed by atoms with van der Waals surface area (Å²) in [6.45, 7) is 3.69. The zero-order chi connectivity index (χ0) is 21.0. The first kappa shape index (κ1) is 20.4. The molecule has 1 amide bonds. The minimum absolute atomic E-state index is 0.00454. The van der Waals surface area contributed by atoms with Crippen molar-refractivity contribution in [1.82, 2.24) is 10.3 Å². The Bertz CT molecular complexity index is 939. The lowest BCUT2D eigenvalue weighted by Crippen LogP contribution is -2.50. The van der Waals surface area contributed by atoms with E-state index in [1.165, 1.54) is 0 Å². The maximum absolute atomic E-state index is 14.7. The van der Waals surface area contributed by atoms with Crippen molar-refractivity contribution in [2.75, 3.05) is 10.6 Å². The minimum Gasteiger partial charge on any atom is -0.465 e. The zero-order valence-electron chi connectivity index (χ0n) is 16.4. The van der Waals surface area contributed by atoms with Crippen LogP contribution in [0, 0.1) is 30.0 Å². The number of aryl methyl sites for hydroxylation is 1. The number of nitrogens with one attached hydrogen (secondary N) is 3. The molecule has 3 rings (SSSR count). The van der Waals surface area contributed by atoms with Crippen LogP contribution in [0.25, 0.3) is 0 Å². The molecule has 0 aliphatic heterocycles. The number of nitrogens with zero attached hydrogens (tertiary/aromatic N) is 2. The number of hydrogen-bond donors (Lipinski definition) is 4. The van der Waals surface area contributed by atoms with Crippen LogP contribution >= 0.6 is 0 Å². The molecule has 1 fully saturated rings. The molecule has 7 nitrogen and oxygen atoms in total. The van der Waals surface area contributed by atoms with Gasteiger partial charge in [0.05, 0.1) is 11.6 Å². The van der Waals surface area contributed by atoms with Gasteiger partial charge < -0.3 is 21.1 Å². The molecule has 1 saturated carbocycles. The summed E-state index contributed by atoms with van der Waals surface area (Å²) in [6, 6.07) is 9.92. The molecule has 0 unspecified atom stereocenters. The smallest absolute Gasteiger partial charge is 0.404 e. The van der Waals surface area contributed by atoms with E-state index in [9.17, 15) is 14.4 Å². The number of halogens is 1. The third kappa shape index (κ3) is 4.93. The van der Waals surface area contributed by atoms with Gasteiger partial charge in [0, 0.05) is 11.7 Å². The first-order valence-electron chi connectivity index (χ1n) is 9.57. The number of pyridine rings is 1. The van der Waals surface area contributed by atoms with Crippen LogP contribution in [0.3, 0.4) is 0 Å². The molecule has 1 aliphatic carbocycles. The number of aromatic nitrogens is 1. The topological polar surface area (TPSA) is 110 Å². The molecule has 0 spiro atoms. The van der Waals surface area contributed by atoms with E-state index in [0.717, 1.165) is 36.6 Å². The van der Waals surface area contributed by atoms with Crippen molar-refractivity contribution >= 4 is 23.4 Å². The summed E-state index contributed by atoms with van der Waals surface area (Å²) in [5.41, 5.74) is 1.86. The third-order valence-corrected chi connectivity index (χ3v) is 5.23. The van der Waals surface area contributed by atoms with Crippen molar-refractivity contribution < 1.29 is 14.3 Å². The van der Waals surface area contributed by atoms with Gasteiger partial charge >= 0.3 is 6.09 Å². The average molecular weight is 397 g/mol. The lowest BCUT2D eigenvalue weighted by Gasteiger charge is -2.38. The van der Waals surface area contributed by atoms with E-state index in [0.29, 0.717) is 0 Å². The van der Waals surface area contributed by atoms with E-state index in [-0.39, 0.29) is 29.2 Å². The van der Waals surface area contributed by atoms with Crippen LogP contribution in [0.15, 0.2) is 30.3 Å². The van der Waals surface area contributed by atoms with E-state index >= 15 is 0 Å². The fraction of sp³-hybridized carbons (Fsp3) is 0.381. The molecule has 2 aromatic rings. The molecule has 0 bridgehead atoms. The Morgan fingerprint density at radius 2 is 2.10 bits per heavy atom. The fourth-order valence-corrected chi connectivity index (χ4v) is 3.52. The highest BCUT2D eigenvalue weighted by atomic mass is 19.1. The second-order valence-electron chi connectivity index (χ2n) is 7.42. The summed E-state index contributed by atoms with van der Waals surface area (Å²) in [5, 5.41) is 27.0. The highest BCUT2D eigenvalue weighted by Gasteiger charge is 2.33. The summed E-state index contributed by atoms with van der Waals surface area (Å²) in [5.74, 6) is -0.187. The Morgan fingerprint density at radius 1 is 1.34 bits per heavy atom. The number of benzene rings is 1. The highest BCUT2D eigenvalue weighted by molar-refractivity contribution is 5.66. The van der Waals surface area contributed by atoms with Gasteiger partial charge in [0.25, 0.3) is 0 Å². The Hall–Kier alpha value is -3.34. The Kier molecular flexibility index (Phi) is 6.17. The minimum atomic E-state index is -1.13. The van der Waals surface area contributed by atoms with Gasteiger partial charge in [-0.1, -0.05) is 18.6 Å². The van der Waals surface area contributed by atoms with Crippen molar-refractivity contribution in [3.05, 3.63) is 47.3 Å². The molecular weight excluding hydrogens is 373 g/mol. The summed E-state index contributed by atoms with van der Waals surface area (Å²) in [7, 11) is 0. The Balaban J connectivity index is 1.89. The molecule has 152 valence electrons. The van der Waals surface area contributed by atoms with Crippen LogP contribution < -0.4 is 16.0 Å². The molecule has 8 heteroatoms. The first-order valence-corrected chi connectivity index (χ1v) is 9.57. The quantitative estimate of drug-likeness (QED) is 0.552. The molecular formula is C21H24FN5O2. The van der Waals surface area contributed by atoms with Crippen LogP contribution in [0.5, 0.6) is 0 Å². The summed E-state index contributed by atoms with van der Waals surface area (Å²) in [4.78, 5) is 15.4. The van der Waals surface area contributed by atoms with E-state index < -0.39 is 18.0 Å². The largest absolute Gasteiger partial charge is 0.465 e. The van der Waals surface area contributed by atoms with Crippen LogP contribution in [0.4, 0.5) is 26.5 Å². The maximum atomic E-state index is 14.7. The molecule has 4 N–H and O–H groups in total. The number of carbonyl (C=O) groups is 1. The zero-order valence-corrected chi connectivity index (χ0v) is 16.4. The molecule has 1 aromatic heterocycles. The summed E-state index contributed by atoms with van der Waals surface area (Å²) in [6.07, 6.45) is 1.82. The van der Waals surface area contributed by atoms with Crippen molar-refractivity contribution in [3.63, 3.8) is 0 Å². The summed E-state index contributed by atoms with van der Waals surface area (Å²) >= 11 is 0. The molecule has 1 aliphatic rings. The lowest BCUT2D eigenvalue weighted by molar-refractivity contribution is 0.180. The van der Waals surface area contributed by atoms with Gasteiger partial charge in [0.2, 0.25) is 0 Å². The van der Waals surface area contributed by atoms with Crippen LogP contribution in [0.1, 0.15) is 37.3 Å². The molecule has 0 radical (unpaired) electrons. The second-order valence-corrected chi connectivity index (χ2v) is 7.42. The van der Waals surface area contributed by atoms with Gasteiger partial charge in [-0.15, -0.1) is 0 Å². The third-order valence-electron chi connectivity index (χ3n) is 5.23. The van der Waals surface area contributed by atoms with Gasteiger partial charge in [-0.2, -0.15) is 5.26 Å². The molecule has 1 aromatic carbocycles. The van der Waals surface area contributed by atoms with Crippen molar-refractivity contribution in [1.29, 1.82) is 5.26 Å². The van der Waals surface area contributed by atoms with Gasteiger partial charge in [-0.25, -0.2) is 14.2 Å². The van der Waals surface area contributed by atoms with Gasteiger partial charge in [0.1, 0.15) is 6.07 Å². The maximum Gasteiger partial charge on any atom is 0.404 e. The summed E-state index contributed by atoms with van der Waals surface area (Å²) < 4.78 is 14.7. The van der Waals surface area contributed by atoms with Gasteiger partial charge in [0.15, 0.2) is 17.5 Å². The van der Waals surface area contributed by atoms with Crippen LogP contribution in [-0.4, -0.2) is 28.3 Å². The monoisotopic (exact) mass is 397 g/mol. The normalized spacial score (nSPS) is 15.5. The lowest BCUT2D eigenvalue weighted by atomic mass is 9.77. The molecule has 1 heterocycles. The standard InChI is InChI=1S/C21H24FN5O2/c1-12-5-3-8-16(9-12)25-19-15(11-23)10-17(22)20(27-19)26-18(14-6-4-7-14)13(2)24-21(28)29/h3,5,8-10,13-14,18,24H,4,6-7H2,1-2H3,(H,28,29)(H2,25,26,27)/t13-,18-/m0/s1. The van der Waals surface area contributed by atoms with Crippen LogP contribution in [0.2, 0.25) is 0 Å². The first-order chi connectivity index (χ1) is 13.9. The molecule has 2 atom stereocenters. The van der Waals surface area contributed by atoms with Crippen molar-refractivity contribution in [2.45, 2.75) is 45.2 Å². The average Bonchev–Trinajstić information content (AvgIpc) is 2.61. The van der Waals surface area contributed by atoms with Gasteiger partial charge in [-0.3, -0.25) is 0 Å². The second kappa shape index (κ2) is 8.78.